The van der Waals surface area contributed by atoms with Gasteiger partial charge in [0.05, 0.1) is 0 Å². The van der Waals surface area contributed by atoms with Crippen molar-refractivity contribution >= 4 is 21.6 Å². The van der Waals surface area contributed by atoms with E-state index in [1.807, 2.05) is 0 Å². The van der Waals surface area contributed by atoms with Crippen LogP contribution in [0.15, 0.2) is 22.7 Å². The van der Waals surface area contributed by atoms with Gasteiger partial charge in [-0.05, 0) is 56.7 Å². The Morgan fingerprint density at radius 3 is 2.50 bits per heavy atom. The molecule has 0 saturated heterocycles. The third-order valence-electron chi connectivity index (χ3n) is 4.07. The largest absolute Gasteiger partial charge is 0.374 e. The van der Waals surface area contributed by atoms with E-state index in [2.05, 4.69) is 79.1 Å². The minimum Gasteiger partial charge on any atom is -0.374 e. The van der Waals surface area contributed by atoms with Crippen molar-refractivity contribution in [2.45, 2.75) is 46.2 Å². The molecule has 20 heavy (non-hydrogen) atoms. The molecule has 2 nitrogen and oxygen atoms in total. The second kappa shape index (κ2) is 6.07. The SMILES string of the molecule is CC1CC1CN(C)c1ccc(CNC(C)(C)C)c(Br)c1. The van der Waals surface area contributed by atoms with Gasteiger partial charge in [-0.15, -0.1) is 0 Å². The monoisotopic (exact) mass is 338 g/mol. The van der Waals surface area contributed by atoms with E-state index in [1.165, 1.54) is 28.7 Å². The fraction of sp³-hybridized carbons (Fsp3) is 0.647. The molecule has 1 fully saturated rings. The van der Waals surface area contributed by atoms with Crippen LogP contribution in [0.4, 0.5) is 5.69 Å². The normalized spacial score (nSPS) is 21.9. The van der Waals surface area contributed by atoms with E-state index >= 15 is 0 Å². The first-order chi connectivity index (χ1) is 9.26. The quantitative estimate of drug-likeness (QED) is 0.854. The molecule has 1 aliphatic carbocycles. The van der Waals surface area contributed by atoms with Crippen molar-refractivity contribution in [1.29, 1.82) is 0 Å². The highest BCUT2D eigenvalue weighted by molar-refractivity contribution is 9.10. The molecule has 0 amide bonds. The van der Waals surface area contributed by atoms with Gasteiger partial charge in [-0.3, -0.25) is 0 Å². The summed E-state index contributed by atoms with van der Waals surface area (Å²) in [6, 6.07) is 6.70. The Balaban J connectivity index is 1.97. The van der Waals surface area contributed by atoms with E-state index in [0.717, 1.165) is 18.4 Å². The van der Waals surface area contributed by atoms with Gasteiger partial charge >= 0.3 is 0 Å². The molecule has 1 aromatic carbocycles. The van der Waals surface area contributed by atoms with Gasteiger partial charge in [0.15, 0.2) is 0 Å². The summed E-state index contributed by atoms with van der Waals surface area (Å²) in [7, 11) is 2.19. The van der Waals surface area contributed by atoms with Gasteiger partial charge in [0.2, 0.25) is 0 Å². The molecule has 0 heterocycles. The molecule has 0 radical (unpaired) electrons. The Bertz CT molecular complexity index is 465. The highest BCUT2D eigenvalue weighted by Crippen LogP contribution is 2.39. The number of hydrogen-bond acceptors (Lipinski definition) is 2. The van der Waals surface area contributed by atoms with Gasteiger partial charge in [0.25, 0.3) is 0 Å². The second-order valence-corrected chi connectivity index (χ2v) is 8.09. The van der Waals surface area contributed by atoms with Crippen LogP contribution >= 0.6 is 15.9 Å². The molecule has 0 bridgehead atoms. The molecular formula is C17H27BrN2. The highest BCUT2D eigenvalue weighted by Gasteiger charge is 2.33. The summed E-state index contributed by atoms with van der Waals surface area (Å²) < 4.78 is 1.20. The standard InChI is InChI=1S/C17H27BrN2/c1-12-8-14(12)11-20(5)15-7-6-13(16(18)9-15)10-19-17(2,3)4/h6-7,9,12,14,19H,8,10-11H2,1-5H3. The van der Waals surface area contributed by atoms with Crippen LogP contribution in [0.1, 0.15) is 39.7 Å². The molecule has 2 atom stereocenters. The zero-order chi connectivity index (χ0) is 14.9. The average Bonchev–Trinajstić information content (AvgIpc) is 3.02. The van der Waals surface area contributed by atoms with Crippen molar-refractivity contribution in [3.05, 3.63) is 28.2 Å². The molecule has 2 unspecified atom stereocenters. The van der Waals surface area contributed by atoms with Gasteiger partial charge < -0.3 is 10.2 Å². The molecule has 2 rings (SSSR count). The summed E-state index contributed by atoms with van der Waals surface area (Å²) in [5.74, 6) is 1.80. The summed E-state index contributed by atoms with van der Waals surface area (Å²) in [6.07, 6.45) is 1.39. The van der Waals surface area contributed by atoms with Crippen LogP contribution in [0.3, 0.4) is 0 Å². The molecule has 0 aromatic heterocycles. The number of rotatable bonds is 5. The Kier molecular flexibility index (Phi) is 4.80. The highest BCUT2D eigenvalue weighted by atomic mass is 79.9. The van der Waals surface area contributed by atoms with Crippen molar-refractivity contribution in [3.63, 3.8) is 0 Å². The minimum absolute atomic E-state index is 0.150. The van der Waals surface area contributed by atoms with E-state index in [-0.39, 0.29) is 5.54 Å². The molecular weight excluding hydrogens is 312 g/mol. The molecule has 1 saturated carbocycles. The third kappa shape index (κ3) is 4.49. The predicted molar refractivity (Wildman–Crippen MR) is 91.3 cm³/mol. The Morgan fingerprint density at radius 2 is 2.00 bits per heavy atom. The molecule has 1 N–H and O–H groups in total. The van der Waals surface area contributed by atoms with Crippen LogP contribution < -0.4 is 10.2 Å². The predicted octanol–water partition coefficient (Wildman–Crippen LogP) is 4.43. The lowest BCUT2D eigenvalue weighted by atomic mass is 10.1. The fourth-order valence-electron chi connectivity index (χ4n) is 2.39. The molecule has 3 heteroatoms. The summed E-state index contributed by atoms with van der Waals surface area (Å²) >= 11 is 3.71. The maximum atomic E-state index is 3.71. The number of hydrogen-bond donors (Lipinski definition) is 1. The van der Waals surface area contributed by atoms with Crippen molar-refractivity contribution in [2.24, 2.45) is 11.8 Å². The molecule has 1 aliphatic rings. The first-order valence-electron chi connectivity index (χ1n) is 7.51. The average molecular weight is 339 g/mol. The lowest BCUT2D eigenvalue weighted by molar-refractivity contribution is 0.424. The smallest absolute Gasteiger partial charge is 0.0375 e. The maximum Gasteiger partial charge on any atom is 0.0375 e. The number of nitrogens with zero attached hydrogens (tertiary/aromatic N) is 1. The molecule has 112 valence electrons. The van der Waals surface area contributed by atoms with Crippen molar-refractivity contribution < 1.29 is 0 Å². The van der Waals surface area contributed by atoms with Crippen molar-refractivity contribution in [2.75, 3.05) is 18.5 Å². The van der Waals surface area contributed by atoms with Crippen LogP contribution in [0.5, 0.6) is 0 Å². The van der Waals surface area contributed by atoms with Crippen LogP contribution in [0.25, 0.3) is 0 Å². The number of benzene rings is 1. The minimum atomic E-state index is 0.150. The van der Waals surface area contributed by atoms with Crippen LogP contribution in [-0.2, 0) is 6.54 Å². The van der Waals surface area contributed by atoms with E-state index in [9.17, 15) is 0 Å². The summed E-state index contributed by atoms with van der Waals surface area (Å²) in [4.78, 5) is 2.37. The number of anilines is 1. The molecule has 0 aliphatic heterocycles. The summed E-state index contributed by atoms with van der Waals surface area (Å²) in [5.41, 5.74) is 2.77. The van der Waals surface area contributed by atoms with Crippen molar-refractivity contribution in [1.82, 2.24) is 5.32 Å². The fourth-order valence-corrected chi connectivity index (χ4v) is 2.89. The Morgan fingerprint density at radius 1 is 1.35 bits per heavy atom. The van der Waals surface area contributed by atoms with Gasteiger partial charge in [0, 0.05) is 35.8 Å². The van der Waals surface area contributed by atoms with Gasteiger partial charge in [-0.2, -0.15) is 0 Å². The van der Waals surface area contributed by atoms with Crippen LogP contribution in [0, 0.1) is 11.8 Å². The summed E-state index contributed by atoms with van der Waals surface area (Å²) in [5, 5.41) is 3.53. The Labute approximate surface area is 132 Å². The van der Waals surface area contributed by atoms with Crippen molar-refractivity contribution in [3.8, 4) is 0 Å². The van der Waals surface area contributed by atoms with Crippen LogP contribution in [-0.4, -0.2) is 19.1 Å². The van der Waals surface area contributed by atoms with E-state index in [4.69, 9.17) is 0 Å². The number of nitrogens with one attached hydrogen (secondary N) is 1. The maximum absolute atomic E-state index is 3.71. The first-order valence-corrected chi connectivity index (χ1v) is 8.30. The zero-order valence-corrected chi connectivity index (χ0v) is 14.9. The van der Waals surface area contributed by atoms with Gasteiger partial charge in [0.1, 0.15) is 0 Å². The van der Waals surface area contributed by atoms with E-state index in [1.54, 1.807) is 0 Å². The zero-order valence-electron chi connectivity index (χ0n) is 13.3. The molecule has 1 aromatic rings. The van der Waals surface area contributed by atoms with Gasteiger partial charge in [-0.25, -0.2) is 0 Å². The second-order valence-electron chi connectivity index (χ2n) is 7.23. The third-order valence-corrected chi connectivity index (χ3v) is 4.81. The van der Waals surface area contributed by atoms with Crippen LogP contribution in [0.2, 0.25) is 0 Å². The lowest BCUT2D eigenvalue weighted by Crippen LogP contribution is -2.35. The number of halogens is 1. The topological polar surface area (TPSA) is 15.3 Å². The van der Waals surface area contributed by atoms with Gasteiger partial charge in [-0.1, -0.05) is 28.9 Å². The van der Waals surface area contributed by atoms with E-state index in [0.29, 0.717) is 0 Å². The first kappa shape index (κ1) is 15.8. The van der Waals surface area contributed by atoms with E-state index < -0.39 is 0 Å². The molecule has 0 spiro atoms. The lowest BCUT2D eigenvalue weighted by Gasteiger charge is -2.23. The Hall–Kier alpha value is -0.540. The summed E-state index contributed by atoms with van der Waals surface area (Å²) in [6.45, 7) is 11.0.